The normalized spacial score (nSPS) is 25.8. The van der Waals surface area contributed by atoms with Crippen LogP contribution in [-0.2, 0) is 17.7 Å². The average Bonchev–Trinajstić information content (AvgIpc) is 3.45. The Labute approximate surface area is 165 Å². The molecular formula is C23H38N2O2. The number of furan rings is 1. The number of nitrogens with zero attached hydrogens (tertiary/aromatic N) is 2. The molecule has 0 amide bonds. The summed E-state index contributed by atoms with van der Waals surface area (Å²) in [4.78, 5) is 5.40. The first-order valence-corrected chi connectivity index (χ1v) is 11.5. The second-order valence-corrected chi connectivity index (χ2v) is 8.97. The number of aryl methyl sites for hydroxylation is 1. The Balaban J connectivity index is 1.31. The molecule has 1 aromatic heterocycles. The van der Waals surface area contributed by atoms with E-state index in [1.807, 2.05) is 0 Å². The van der Waals surface area contributed by atoms with Gasteiger partial charge in [-0.05, 0) is 69.7 Å². The molecule has 2 saturated heterocycles. The van der Waals surface area contributed by atoms with Crippen molar-refractivity contribution in [2.45, 2.75) is 83.4 Å². The number of ether oxygens (including phenoxy) is 1. The van der Waals surface area contributed by atoms with Crippen molar-refractivity contribution in [1.82, 2.24) is 9.80 Å². The van der Waals surface area contributed by atoms with Crippen LogP contribution in [0.2, 0.25) is 0 Å². The van der Waals surface area contributed by atoms with Gasteiger partial charge in [-0.1, -0.05) is 19.8 Å². The van der Waals surface area contributed by atoms with E-state index >= 15 is 0 Å². The van der Waals surface area contributed by atoms with E-state index < -0.39 is 0 Å². The van der Waals surface area contributed by atoms with E-state index in [4.69, 9.17) is 9.15 Å². The molecule has 0 spiro atoms. The third-order valence-electron chi connectivity index (χ3n) is 6.94. The molecule has 27 heavy (non-hydrogen) atoms. The summed E-state index contributed by atoms with van der Waals surface area (Å²) in [6.45, 7) is 8.91. The zero-order valence-electron chi connectivity index (χ0n) is 17.2. The SMILES string of the molecule is CCc1ccc(CN(CC2CCN(C3CCCC3)CC2)C[C@H]2CCCO2)o1. The van der Waals surface area contributed by atoms with E-state index in [9.17, 15) is 0 Å². The fraction of sp³-hybridized carbons (Fsp3) is 0.826. The van der Waals surface area contributed by atoms with Crippen LogP contribution in [0.15, 0.2) is 16.5 Å². The molecule has 1 saturated carbocycles. The van der Waals surface area contributed by atoms with Crippen LogP contribution < -0.4 is 0 Å². The topological polar surface area (TPSA) is 28.9 Å². The second-order valence-electron chi connectivity index (χ2n) is 8.97. The third kappa shape index (κ3) is 5.36. The molecule has 1 aliphatic carbocycles. The highest BCUT2D eigenvalue weighted by molar-refractivity contribution is 5.07. The van der Waals surface area contributed by atoms with Crippen molar-refractivity contribution in [3.8, 4) is 0 Å². The van der Waals surface area contributed by atoms with Crippen molar-refractivity contribution in [2.24, 2.45) is 5.92 Å². The molecule has 1 aromatic rings. The molecule has 0 radical (unpaired) electrons. The standard InChI is InChI=1S/C23H38N2O2/c1-2-21-9-10-23(27-21)18-24(17-22-8-5-15-26-22)16-19-11-13-25(14-12-19)20-6-3-4-7-20/h9-10,19-20,22H,2-8,11-18H2,1H3/t22-/m1/s1. The largest absolute Gasteiger partial charge is 0.465 e. The Bertz CT molecular complexity index is 552. The highest BCUT2D eigenvalue weighted by Crippen LogP contribution is 2.28. The number of piperidine rings is 1. The van der Waals surface area contributed by atoms with Gasteiger partial charge in [-0.3, -0.25) is 4.90 Å². The van der Waals surface area contributed by atoms with Crippen molar-refractivity contribution >= 4 is 0 Å². The Morgan fingerprint density at radius 3 is 2.41 bits per heavy atom. The smallest absolute Gasteiger partial charge is 0.118 e. The lowest BCUT2D eigenvalue weighted by atomic mass is 9.94. The van der Waals surface area contributed by atoms with Crippen LogP contribution in [0, 0.1) is 5.92 Å². The van der Waals surface area contributed by atoms with Crippen molar-refractivity contribution in [3.05, 3.63) is 23.7 Å². The van der Waals surface area contributed by atoms with Gasteiger partial charge >= 0.3 is 0 Å². The summed E-state index contributed by atoms with van der Waals surface area (Å²) >= 11 is 0. The fourth-order valence-electron chi connectivity index (χ4n) is 5.33. The minimum Gasteiger partial charge on any atom is -0.465 e. The monoisotopic (exact) mass is 374 g/mol. The first-order valence-electron chi connectivity index (χ1n) is 11.5. The van der Waals surface area contributed by atoms with E-state index in [0.29, 0.717) is 6.10 Å². The second kappa shape index (κ2) is 9.58. The molecule has 0 bridgehead atoms. The number of hydrogen-bond acceptors (Lipinski definition) is 4. The first kappa shape index (κ1) is 19.5. The van der Waals surface area contributed by atoms with E-state index in [0.717, 1.165) is 49.6 Å². The maximum absolute atomic E-state index is 6.01. The lowest BCUT2D eigenvalue weighted by molar-refractivity contribution is 0.0514. The zero-order chi connectivity index (χ0) is 18.5. The van der Waals surface area contributed by atoms with Crippen LogP contribution in [-0.4, -0.2) is 54.7 Å². The molecule has 4 heteroatoms. The van der Waals surface area contributed by atoms with Crippen molar-refractivity contribution in [2.75, 3.05) is 32.8 Å². The summed E-state index contributed by atoms with van der Waals surface area (Å²) in [6, 6.07) is 5.20. The van der Waals surface area contributed by atoms with E-state index in [1.54, 1.807) is 0 Å². The number of rotatable bonds is 8. The number of hydrogen-bond donors (Lipinski definition) is 0. The van der Waals surface area contributed by atoms with Crippen LogP contribution in [0.4, 0.5) is 0 Å². The summed E-state index contributed by atoms with van der Waals surface area (Å²) in [5.41, 5.74) is 0. The van der Waals surface area contributed by atoms with E-state index in [2.05, 4.69) is 28.9 Å². The predicted octanol–water partition coefficient (Wildman–Crippen LogP) is 4.48. The Morgan fingerprint density at radius 2 is 1.74 bits per heavy atom. The van der Waals surface area contributed by atoms with Crippen molar-refractivity contribution in [1.29, 1.82) is 0 Å². The third-order valence-corrected chi connectivity index (χ3v) is 6.94. The number of likely N-dealkylation sites (tertiary alicyclic amines) is 1. The molecule has 0 unspecified atom stereocenters. The molecule has 4 rings (SSSR count). The summed E-state index contributed by atoms with van der Waals surface area (Å²) in [5.74, 6) is 3.05. The average molecular weight is 375 g/mol. The molecule has 152 valence electrons. The Morgan fingerprint density at radius 1 is 0.963 bits per heavy atom. The van der Waals surface area contributed by atoms with E-state index in [1.165, 1.54) is 71.0 Å². The lowest BCUT2D eigenvalue weighted by Gasteiger charge is -2.38. The van der Waals surface area contributed by atoms with E-state index in [-0.39, 0.29) is 0 Å². The van der Waals surface area contributed by atoms with Gasteiger partial charge in [0.2, 0.25) is 0 Å². The van der Waals surface area contributed by atoms with Crippen LogP contribution in [0.25, 0.3) is 0 Å². The molecule has 2 aliphatic heterocycles. The quantitative estimate of drug-likeness (QED) is 0.671. The van der Waals surface area contributed by atoms with Gasteiger partial charge in [0, 0.05) is 32.2 Å². The Kier molecular flexibility index (Phi) is 6.91. The lowest BCUT2D eigenvalue weighted by Crippen LogP contribution is -2.43. The van der Waals surface area contributed by atoms with Gasteiger partial charge < -0.3 is 14.1 Å². The predicted molar refractivity (Wildman–Crippen MR) is 109 cm³/mol. The molecule has 3 heterocycles. The van der Waals surface area contributed by atoms with Crippen LogP contribution in [0.1, 0.15) is 69.8 Å². The van der Waals surface area contributed by atoms with Gasteiger partial charge in [0.25, 0.3) is 0 Å². The summed E-state index contributed by atoms with van der Waals surface area (Å²) < 4.78 is 12.0. The molecular weight excluding hydrogens is 336 g/mol. The van der Waals surface area contributed by atoms with Gasteiger partial charge in [-0.2, -0.15) is 0 Å². The van der Waals surface area contributed by atoms with Crippen molar-refractivity contribution in [3.63, 3.8) is 0 Å². The van der Waals surface area contributed by atoms with Crippen LogP contribution in [0.3, 0.4) is 0 Å². The Hall–Kier alpha value is -0.840. The maximum Gasteiger partial charge on any atom is 0.118 e. The summed E-state index contributed by atoms with van der Waals surface area (Å²) in [5, 5.41) is 0. The van der Waals surface area contributed by atoms with Gasteiger partial charge in [0.05, 0.1) is 12.6 Å². The summed E-state index contributed by atoms with van der Waals surface area (Å²) in [7, 11) is 0. The molecule has 0 aromatic carbocycles. The molecule has 3 aliphatic rings. The molecule has 3 fully saturated rings. The maximum atomic E-state index is 6.01. The van der Waals surface area contributed by atoms with Crippen LogP contribution in [0.5, 0.6) is 0 Å². The fourth-order valence-corrected chi connectivity index (χ4v) is 5.33. The molecule has 1 atom stereocenters. The summed E-state index contributed by atoms with van der Waals surface area (Å²) in [6.07, 6.45) is 12.3. The van der Waals surface area contributed by atoms with Gasteiger partial charge in [-0.25, -0.2) is 0 Å². The minimum atomic E-state index is 0.421. The van der Waals surface area contributed by atoms with Gasteiger partial charge in [0.15, 0.2) is 0 Å². The van der Waals surface area contributed by atoms with Gasteiger partial charge in [-0.15, -0.1) is 0 Å². The van der Waals surface area contributed by atoms with Crippen molar-refractivity contribution < 1.29 is 9.15 Å². The van der Waals surface area contributed by atoms with Gasteiger partial charge in [0.1, 0.15) is 11.5 Å². The minimum absolute atomic E-state index is 0.421. The zero-order valence-corrected chi connectivity index (χ0v) is 17.2. The highest BCUT2D eigenvalue weighted by Gasteiger charge is 2.29. The molecule has 0 N–H and O–H groups in total. The first-order chi connectivity index (χ1) is 13.3. The highest BCUT2D eigenvalue weighted by atomic mass is 16.5. The molecule has 4 nitrogen and oxygen atoms in total. The van der Waals surface area contributed by atoms with Crippen LogP contribution >= 0.6 is 0 Å².